The number of allylic oxidation sites excluding steroid dienone is 1. The third-order valence-electron chi connectivity index (χ3n) is 6.28. The van der Waals surface area contributed by atoms with Crippen molar-refractivity contribution in [1.82, 2.24) is 19.8 Å². The Morgan fingerprint density at radius 1 is 1.28 bits per heavy atom. The van der Waals surface area contributed by atoms with Crippen molar-refractivity contribution in [3.63, 3.8) is 0 Å². The van der Waals surface area contributed by atoms with Gasteiger partial charge in [0.25, 0.3) is 11.8 Å². The fourth-order valence-corrected chi connectivity index (χ4v) is 4.43. The first-order chi connectivity index (χ1) is 17.4. The number of carbonyl (C=O) groups excluding carboxylic acids is 2. The number of ether oxygens (including phenoxy) is 1. The first kappa shape index (κ1) is 23.2. The minimum Gasteiger partial charge on any atom is -0.460 e. The predicted molar refractivity (Wildman–Crippen MR) is 136 cm³/mol. The number of aromatic nitrogens is 2. The lowest BCUT2D eigenvalue weighted by Crippen LogP contribution is -2.52. The van der Waals surface area contributed by atoms with Crippen LogP contribution in [-0.2, 0) is 0 Å². The molecule has 0 radical (unpaired) electrons. The standard InChI is InChI=1S/C26H26N6O4/c1-15-20(26(34)31-12-17(13-31)29-9-4-8-27)14-32-24(15)21(7-10-30-32)36-18-5-6-19-22(11-18)35-16(2)23(19)25(33)28-3/h4-11,14,17H,12-13,27H2,1-3H3,(H,28,33)/b8-4-,29-9?. The molecule has 4 aromatic rings. The molecule has 10 heteroatoms. The molecule has 1 aromatic carbocycles. The van der Waals surface area contributed by atoms with Gasteiger partial charge in [0.05, 0.1) is 23.4 Å². The van der Waals surface area contributed by atoms with E-state index in [-0.39, 0.29) is 17.9 Å². The number of nitrogens with zero attached hydrogens (tertiary/aromatic N) is 4. The summed E-state index contributed by atoms with van der Waals surface area (Å²) < 4.78 is 13.7. The quantitative estimate of drug-likeness (QED) is 0.403. The normalized spacial score (nSPS) is 14.2. The highest BCUT2D eigenvalue weighted by molar-refractivity contribution is 6.07. The third-order valence-corrected chi connectivity index (χ3v) is 6.28. The zero-order chi connectivity index (χ0) is 25.4. The number of aliphatic imine (C=N–C) groups is 1. The fraction of sp³-hybridized carbons (Fsp3) is 0.231. The van der Waals surface area contributed by atoms with Crippen molar-refractivity contribution in [2.45, 2.75) is 19.9 Å². The molecule has 5 rings (SSSR count). The molecule has 0 unspecified atom stereocenters. The molecule has 0 spiro atoms. The number of aryl methyl sites for hydroxylation is 2. The van der Waals surface area contributed by atoms with E-state index in [1.165, 1.54) is 6.20 Å². The molecule has 0 bridgehead atoms. The van der Waals surface area contributed by atoms with Crippen LogP contribution < -0.4 is 15.8 Å². The summed E-state index contributed by atoms with van der Waals surface area (Å²) in [4.78, 5) is 31.5. The largest absolute Gasteiger partial charge is 0.460 e. The molecule has 3 N–H and O–H groups in total. The molecular weight excluding hydrogens is 460 g/mol. The Bertz CT molecular complexity index is 1540. The molecule has 3 aromatic heterocycles. The van der Waals surface area contributed by atoms with Gasteiger partial charge in [0, 0.05) is 50.1 Å². The number of likely N-dealkylation sites (tertiary alicyclic amines) is 1. The second kappa shape index (κ2) is 9.21. The molecule has 0 atom stereocenters. The summed E-state index contributed by atoms with van der Waals surface area (Å²) in [5.74, 6) is 1.35. The lowest BCUT2D eigenvalue weighted by atomic mass is 10.1. The van der Waals surface area contributed by atoms with Crippen LogP contribution in [0.15, 0.2) is 58.3 Å². The average Bonchev–Trinajstić information content (AvgIpc) is 3.36. The van der Waals surface area contributed by atoms with Crippen LogP contribution in [-0.4, -0.2) is 58.7 Å². The van der Waals surface area contributed by atoms with Gasteiger partial charge in [-0.3, -0.25) is 14.6 Å². The summed E-state index contributed by atoms with van der Waals surface area (Å²) in [6.07, 6.45) is 8.08. The maximum Gasteiger partial charge on any atom is 0.255 e. The van der Waals surface area contributed by atoms with Crippen LogP contribution in [0.5, 0.6) is 11.5 Å². The molecule has 0 saturated carbocycles. The van der Waals surface area contributed by atoms with Crippen molar-refractivity contribution in [3.8, 4) is 11.5 Å². The van der Waals surface area contributed by atoms with Crippen molar-refractivity contribution >= 4 is 34.5 Å². The molecule has 4 heterocycles. The summed E-state index contributed by atoms with van der Waals surface area (Å²) in [7, 11) is 1.58. The highest BCUT2D eigenvalue weighted by Gasteiger charge is 2.32. The number of nitrogens with one attached hydrogen (secondary N) is 1. The second-order valence-electron chi connectivity index (χ2n) is 8.58. The van der Waals surface area contributed by atoms with Crippen molar-refractivity contribution in [2.75, 3.05) is 20.1 Å². The summed E-state index contributed by atoms with van der Waals surface area (Å²) in [5.41, 5.74) is 8.41. The summed E-state index contributed by atoms with van der Waals surface area (Å²) in [6.45, 7) is 4.74. The van der Waals surface area contributed by atoms with Crippen molar-refractivity contribution in [1.29, 1.82) is 0 Å². The Balaban J connectivity index is 1.41. The smallest absolute Gasteiger partial charge is 0.255 e. The number of rotatable bonds is 6. The number of fused-ring (bicyclic) bond motifs is 2. The van der Waals surface area contributed by atoms with Crippen LogP contribution in [0.1, 0.15) is 32.0 Å². The third kappa shape index (κ3) is 3.96. The van der Waals surface area contributed by atoms with E-state index >= 15 is 0 Å². The average molecular weight is 487 g/mol. The van der Waals surface area contributed by atoms with E-state index in [9.17, 15) is 9.59 Å². The van der Waals surface area contributed by atoms with Crippen molar-refractivity contribution in [2.24, 2.45) is 10.7 Å². The first-order valence-corrected chi connectivity index (χ1v) is 11.5. The van der Waals surface area contributed by atoms with Gasteiger partial charge in [-0.2, -0.15) is 5.10 Å². The molecule has 0 aliphatic carbocycles. The molecule has 10 nitrogen and oxygen atoms in total. The zero-order valence-electron chi connectivity index (χ0n) is 20.2. The number of nitrogens with two attached hydrogens (primary N) is 1. The lowest BCUT2D eigenvalue weighted by molar-refractivity contribution is 0.0610. The van der Waals surface area contributed by atoms with E-state index in [4.69, 9.17) is 14.9 Å². The Morgan fingerprint density at radius 3 is 2.83 bits per heavy atom. The van der Waals surface area contributed by atoms with Gasteiger partial charge in [0.1, 0.15) is 22.6 Å². The van der Waals surface area contributed by atoms with Gasteiger partial charge >= 0.3 is 0 Å². The Labute approximate surface area is 207 Å². The maximum absolute atomic E-state index is 13.1. The van der Waals surface area contributed by atoms with Gasteiger partial charge in [0.15, 0.2) is 5.75 Å². The summed E-state index contributed by atoms with van der Waals surface area (Å²) >= 11 is 0. The predicted octanol–water partition coefficient (Wildman–Crippen LogP) is 3.22. The number of benzene rings is 1. The van der Waals surface area contributed by atoms with Gasteiger partial charge in [-0.05, 0) is 43.8 Å². The van der Waals surface area contributed by atoms with E-state index in [1.807, 2.05) is 6.92 Å². The highest BCUT2D eigenvalue weighted by atomic mass is 16.5. The van der Waals surface area contributed by atoms with Gasteiger partial charge in [-0.25, -0.2) is 4.52 Å². The Kier molecular flexibility index (Phi) is 5.93. The highest BCUT2D eigenvalue weighted by Crippen LogP contribution is 2.34. The topological polar surface area (TPSA) is 127 Å². The van der Waals surface area contributed by atoms with Gasteiger partial charge < -0.3 is 25.1 Å². The minimum atomic E-state index is -0.204. The molecule has 1 fully saturated rings. The van der Waals surface area contributed by atoms with Gasteiger partial charge in [-0.1, -0.05) is 0 Å². The maximum atomic E-state index is 13.1. The van der Waals surface area contributed by atoms with Crippen LogP contribution in [0.25, 0.3) is 16.5 Å². The molecule has 184 valence electrons. The fourth-order valence-electron chi connectivity index (χ4n) is 4.43. The van der Waals surface area contributed by atoms with E-state index in [0.29, 0.717) is 58.0 Å². The summed E-state index contributed by atoms with van der Waals surface area (Å²) in [5, 5.41) is 7.72. The monoisotopic (exact) mass is 486 g/mol. The van der Waals surface area contributed by atoms with E-state index < -0.39 is 0 Å². The van der Waals surface area contributed by atoms with Crippen LogP contribution in [0.2, 0.25) is 0 Å². The summed E-state index contributed by atoms with van der Waals surface area (Å²) in [6, 6.07) is 7.16. The number of hydrogen-bond donors (Lipinski definition) is 2. The molecule has 1 aliphatic heterocycles. The first-order valence-electron chi connectivity index (χ1n) is 11.5. The van der Waals surface area contributed by atoms with Crippen LogP contribution in [0, 0.1) is 13.8 Å². The minimum absolute atomic E-state index is 0.0704. The zero-order valence-corrected chi connectivity index (χ0v) is 20.2. The van der Waals surface area contributed by atoms with Crippen molar-refractivity contribution < 1.29 is 18.7 Å². The van der Waals surface area contributed by atoms with E-state index in [1.54, 1.807) is 72.3 Å². The van der Waals surface area contributed by atoms with Crippen LogP contribution in [0.4, 0.5) is 0 Å². The van der Waals surface area contributed by atoms with Crippen molar-refractivity contribution in [3.05, 3.63) is 71.4 Å². The Morgan fingerprint density at radius 2 is 2.08 bits per heavy atom. The van der Waals surface area contributed by atoms with Crippen LogP contribution in [0.3, 0.4) is 0 Å². The lowest BCUT2D eigenvalue weighted by Gasteiger charge is -2.36. The molecule has 1 aliphatic rings. The number of furan rings is 1. The number of hydrogen-bond acceptors (Lipinski definition) is 7. The second-order valence-corrected chi connectivity index (χ2v) is 8.58. The van der Waals surface area contributed by atoms with Crippen LogP contribution >= 0.6 is 0 Å². The molecule has 2 amide bonds. The molecular formula is C26H26N6O4. The number of carbonyl (C=O) groups is 2. The van der Waals surface area contributed by atoms with E-state index in [0.717, 1.165) is 5.56 Å². The molecule has 1 saturated heterocycles. The Hall–Kier alpha value is -4.60. The number of amides is 2. The van der Waals surface area contributed by atoms with Gasteiger partial charge in [-0.15, -0.1) is 0 Å². The van der Waals surface area contributed by atoms with E-state index in [2.05, 4.69) is 15.4 Å². The molecule has 36 heavy (non-hydrogen) atoms. The van der Waals surface area contributed by atoms with Gasteiger partial charge in [0.2, 0.25) is 0 Å². The SMILES string of the molecule is CNC(=O)c1c(C)oc2cc(Oc3ccnn4cc(C(=O)N5CC(N=C/C=C\N)C5)c(C)c34)ccc12.